The number of nitrogens with zero attached hydrogens (tertiary/aromatic N) is 4. The van der Waals surface area contributed by atoms with E-state index >= 15 is 0 Å². The van der Waals surface area contributed by atoms with E-state index in [1.807, 2.05) is 0 Å². The standard InChI is InChI=1S/C16H22N4O4/c1-10(21)20(9-14-17-15(24-18-14)11-2-3-11)12-4-6-19(8-12)13-5-7-23-16(13)22/h11-13H,2-9H2,1H3. The minimum Gasteiger partial charge on any atom is -0.464 e. The van der Waals surface area contributed by atoms with E-state index in [0.29, 0.717) is 37.3 Å². The van der Waals surface area contributed by atoms with Gasteiger partial charge in [0.2, 0.25) is 11.8 Å². The van der Waals surface area contributed by atoms with Crippen molar-refractivity contribution in [1.29, 1.82) is 0 Å². The fraction of sp³-hybridized carbons (Fsp3) is 0.750. The molecular weight excluding hydrogens is 312 g/mol. The molecule has 0 aromatic carbocycles. The first kappa shape index (κ1) is 15.6. The summed E-state index contributed by atoms with van der Waals surface area (Å²) in [5, 5.41) is 4.01. The van der Waals surface area contributed by atoms with Gasteiger partial charge < -0.3 is 14.2 Å². The topological polar surface area (TPSA) is 88.8 Å². The van der Waals surface area contributed by atoms with Crippen molar-refractivity contribution < 1.29 is 18.8 Å². The third kappa shape index (κ3) is 3.02. The fourth-order valence-corrected chi connectivity index (χ4v) is 3.60. The molecule has 2 saturated heterocycles. The summed E-state index contributed by atoms with van der Waals surface area (Å²) in [5.41, 5.74) is 0. The third-order valence-corrected chi connectivity index (χ3v) is 5.11. The summed E-state index contributed by atoms with van der Waals surface area (Å²) in [6.07, 6.45) is 3.79. The maximum Gasteiger partial charge on any atom is 0.323 e. The maximum atomic E-state index is 12.1. The Morgan fingerprint density at radius 1 is 1.33 bits per heavy atom. The number of hydrogen-bond acceptors (Lipinski definition) is 7. The summed E-state index contributed by atoms with van der Waals surface area (Å²) < 4.78 is 10.3. The van der Waals surface area contributed by atoms with E-state index in [0.717, 1.165) is 32.2 Å². The summed E-state index contributed by atoms with van der Waals surface area (Å²) in [6, 6.07) is -0.0887. The van der Waals surface area contributed by atoms with Gasteiger partial charge in [-0.3, -0.25) is 14.5 Å². The number of cyclic esters (lactones) is 1. The van der Waals surface area contributed by atoms with Gasteiger partial charge in [0, 0.05) is 38.4 Å². The van der Waals surface area contributed by atoms with Crippen molar-refractivity contribution in [2.24, 2.45) is 0 Å². The van der Waals surface area contributed by atoms with E-state index in [1.165, 1.54) is 0 Å². The normalized spacial score (nSPS) is 27.5. The van der Waals surface area contributed by atoms with Gasteiger partial charge in [0.15, 0.2) is 5.82 Å². The molecule has 3 heterocycles. The summed E-state index contributed by atoms with van der Waals surface area (Å²) in [5.74, 6) is 1.51. The Morgan fingerprint density at radius 3 is 2.83 bits per heavy atom. The average molecular weight is 334 g/mol. The van der Waals surface area contributed by atoms with Gasteiger partial charge in [0.1, 0.15) is 6.04 Å². The second-order valence-electron chi connectivity index (χ2n) is 6.88. The SMILES string of the molecule is CC(=O)N(Cc1noc(C2CC2)n1)C1CCN(C2CCOC2=O)C1. The van der Waals surface area contributed by atoms with Crippen molar-refractivity contribution in [3.63, 3.8) is 0 Å². The van der Waals surface area contributed by atoms with Gasteiger partial charge in [-0.1, -0.05) is 5.16 Å². The van der Waals surface area contributed by atoms with Crippen LogP contribution in [0.25, 0.3) is 0 Å². The van der Waals surface area contributed by atoms with Crippen molar-refractivity contribution in [3.05, 3.63) is 11.7 Å². The Morgan fingerprint density at radius 2 is 2.17 bits per heavy atom. The molecule has 0 spiro atoms. The quantitative estimate of drug-likeness (QED) is 0.732. The van der Waals surface area contributed by atoms with Crippen LogP contribution >= 0.6 is 0 Å². The molecule has 1 aliphatic carbocycles. The van der Waals surface area contributed by atoms with Gasteiger partial charge in [-0.2, -0.15) is 4.98 Å². The van der Waals surface area contributed by atoms with Crippen LogP contribution in [0.3, 0.4) is 0 Å². The second-order valence-corrected chi connectivity index (χ2v) is 6.88. The van der Waals surface area contributed by atoms with Crippen LogP contribution in [-0.4, -0.2) is 63.6 Å². The molecule has 1 amide bonds. The number of esters is 1. The lowest BCUT2D eigenvalue weighted by Gasteiger charge is -2.27. The Kier molecular flexibility index (Phi) is 3.99. The molecule has 0 N–H and O–H groups in total. The number of carbonyl (C=O) groups excluding carboxylic acids is 2. The minimum absolute atomic E-state index is 0.00591. The zero-order chi connectivity index (χ0) is 16.7. The number of hydrogen-bond donors (Lipinski definition) is 0. The van der Waals surface area contributed by atoms with Gasteiger partial charge in [-0.05, 0) is 19.3 Å². The zero-order valence-corrected chi connectivity index (χ0v) is 13.8. The number of ether oxygens (including phenoxy) is 1. The van der Waals surface area contributed by atoms with Crippen molar-refractivity contribution in [2.75, 3.05) is 19.7 Å². The Hall–Kier alpha value is -1.96. The summed E-state index contributed by atoms with van der Waals surface area (Å²) in [4.78, 5) is 32.2. The highest BCUT2D eigenvalue weighted by Gasteiger charge is 2.39. The van der Waals surface area contributed by atoms with Crippen LogP contribution in [0.1, 0.15) is 50.2 Å². The van der Waals surface area contributed by atoms with Crippen LogP contribution in [0.2, 0.25) is 0 Å². The molecule has 1 aromatic rings. The molecule has 2 unspecified atom stereocenters. The van der Waals surface area contributed by atoms with Gasteiger partial charge in [-0.15, -0.1) is 0 Å². The Labute approximate surface area is 140 Å². The Bertz CT molecular complexity index is 642. The van der Waals surface area contributed by atoms with E-state index in [-0.39, 0.29) is 24.0 Å². The molecule has 0 radical (unpaired) electrons. The van der Waals surface area contributed by atoms with E-state index in [1.54, 1.807) is 11.8 Å². The molecule has 2 aliphatic heterocycles. The van der Waals surface area contributed by atoms with Gasteiger partial charge in [0.25, 0.3) is 0 Å². The molecule has 3 aliphatic rings. The highest BCUT2D eigenvalue weighted by Crippen LogP contribution is 2.38. The molecule has 8 nitrogen and oxygen atoms in total. The highest BCUT2D eigenvalue weighted by atomic mass is 16.5. The molecule has 1 aromatic heterocycles. The van der Waals surface area contributed by atoms with Crippen molar-refractivity contribution in [2.45, 2.75) is 57.2 Å². The molecule has 0 bridgehead atoms. The molecule has 130 valence electrons. The molecular formula is C16H22N4O4. The number of aromatic nitrogens is 2. The van der Waals surface area contributed by atoms with Gasteiger partial charge in [0.05, 0.1) is 13.2 Å². The lowest BCUT2D eigenvalue weighted by atomic mass is 10.2. The molecule has 1 saturated carbocycles. The second kappa shape index (κ2) is 6.16. The summed E-state index contributed by atoms with van der Waals surface area (Å²) in [7, 11) is 0. The zero-order valence-electron chi connectivity index (χ0n) is 13.8. The summed E-state index contributed by atoms with van der Waals surface area (Å²) >= 11 is 0. The van der Waals surface area contributed by atoms with Crippen LogP contribution in [-0.2, 0) is 20.9 Å². The number of amides is 1. The average Bonchev–Trinajstić information content (AvgIpc) is 2.96. The van der Waals surface area contributed by atoms with Crippen LogP contribution in [0.15, 0.2) is 4.52 Å². The molecule has 2 atom stereocenters. The summed E-state index contributed by atoms with van der Waals surface area (Å²) in [6.45, 7) is 3.90. The van der Waals surface area contributed by atoms with Gasteiger partial charge >= 0.3 is 5.97 Å². The number of likely N-dealkylation sites (tertiary alicyclic amines) is 1. The molecule has 4 rings (SSSR count). The predicted octanol–water partition coefficient (Wildman–Crippen LogP) is 0.685. The molecule has 3 fully saturated rings. The monoisotopic (exact) mass is 334 g/mol. The van der Waals surface area contributed by atoms with Crippen LogP contribution < -0.4 is 0 Å². The van der Waals surface area contributed by atoms with Crippen molar-refractivity contribution >= 4 is 11.9 Å². The fourth-order valence-electron chi connectivity index (χ4n) is 3.60. The lowest BCUT2D eigenvalue weighted by molar-refractivity contribution is -0.142. The predicted molar refractivity (Wildman–Crippen MR) is 81.8 cm³/mol. The first-order chi connectivity index (χ1) is 11.6. The van der Waals surface area contributed by atoms with Crippen LogP contribution in [0, 0.1) is 0 Å². The maximum absolute atomic E-state index is 12.1. The number of rotatable bonds is 5. The first-order valence-corrected chi connectivity index (χ1v) is 8.62. The van der Waals surface area contributed by atoms with Crippen LogP contribution in [0.4, 0.5) is 0 Å². The molecule has 24 heavy (non-hydrogen) atoms. The van der Waals surface area contributed by atoms with E-state index in [9.17, 15) is 9.59 Å². The van der Waals surface area contributed by atoms with Crippen molar-refractivity contribution in [3.8, 4) is 0 Å². The van der Waals surface area contributed by atoms with Gasteiger partial charge in [-0.25, -0.2) is 0 Å². The van der Waals surface area contributed by atoms with Crippen molar-refractivity contribution in [1.82, 2.24) is 19.9 Å². The largest absolute Gasteiger partial charge is 0.464 e. The van der Waals surface area contributed by atoms with E-state index < -0.39 is 0 Å². The van der Waals surface area contributed by atoms with E-state index in [4.69, 9.17) is 9.26 Å². The third-order valence-electron chi connectivity index (χ3n) is 5.11. The van der Waals surface area contributed by atoms with E-state index in [2.05, 4.69) is 15.0 Å². The minimum atomic E-state index is -0.157. The molecule has 8 heteroatoms. The Balaban J connectivity index is 1.41. The van der Waals surface area contributed by atoms with Crippen LogP contribution in [0.5, 0.6) is 0 Å². The number of carbonyl (C=O) groups is 2. The first-order valence-electron chi connectivity index (χ1n) is 8.62. The lowest BCUT2D eigenvalue weighted by Crippen LogP contribution is -2.43. The highest BCUT2D eigenvalue weighted by molar-refractivity contribution is 5.77. The smallest absolute Gasteiger partial charge is 0.323 e.